The zero-order valence-electron chi connectivity index (χ0n) is 13.1. The monoisotopic (exact) mass is 286 g/mol. The van der Waals surface area contributed by atoms with Crippen molar-refractivity contribution < 1.29 is 14.3 Å². The lowest BCUT2D eigenvalue weighted by molar-refractivity contribution is -0.143. The van der Waals surface area contributed by atoms with Crippen molar-refractivity contribution in [1.29, 1.82) is 0 Å². The molecule has 0 unspecified atom stereocenters. The topological polar surface area (TPSA) is 43.4 Å². The molecule has 1 aliphatic rings. The van der Waals surface area contributed by atoms with Gasteiger partial charge in [0.05, 0.1) is 11.5 Å². The van der Waals surface area contributed by atoms with Gasteiger partial charge in [0, 0.05) is 12.8 Å². The SMILES string of the molecule is CC(C)C(=O)OC1=C(c2ccccc2)C(=O)CC(C)(C)C1. The maximum atomic E-state index is 12.5. The molecule has 0 radical (unpaired) electrons. The molecule has 0 amide bonds. The molecule has 0 spiro atoms. The van der Waals surface area contributed by atoms with E-state index in [-0.39, 0.29) is 23.1 Å². The zero-order valence-corrected chi connectivity index (χ0v) is 13.1. The molecule has 0 heterocycles. The highest BCUT2D eigenvalue weighted by Crippen LogP contribution is 2.40. The first-order chi connectivity index (χ1) is 9.80. The number of ketones is 1. The molecule has 0 N–H and O–H groups in total. The van der Waals surface area contributed by atoms with Crippen molar-refractivity contribution in [2.75, 3.05) is 0 Å². The number of hydrogen-bond acceptors (Lipinski definition) is 3. The van der Waals surface area contributed by atoms with Crippen LogP contribution in [0.5, 0.6) is 0 Å². The molecule has 1 aromatic rings. The number of carbonyl (C=O) groups is 2. The van der Waals surface area contributed by atoms with Gasteiger partial charge in [0.25, 0.3) is 0 Å². The van der Waals surface area contributed by atoms with E-state index in [1.807, 2.05) is 44.2 Å². The molecule has 1 aliphatic carbocycles. The molecule has 2 rings (SSSR count). The molecular formula is C18H22O3. The van der Waals surface area contributed by atoms with Crippen LogP contribution >= 0.6 is 0 Å². The molecular weight excluding hydrogens is 264 g/mol. The number of carbonyl (C=O) groups excluding carboxylic acids is 2. The van der Waals surface area contributed by atoms with Gasteiger partial charge < -0.3 is 4.74 Å². The van der Waals surface area contributed by atoms with Crippen molar-refractivity contribution >= 4 is 17.3 Å². The second-order valence-electron chi connectivity index (χ2n) is 6.68. The number of allylic oxidation sites excluding steroid dienone is 2. The molecule has 0 aliphatic heterocycles. The first kappa shape index (κ1) is 15.5. The van der Waals surface area contributed by atoms with Crippen molar-refractivity contribution in [2.24, 2.45) is 11.3 Å². The van der Waals surface area contributed by atoms with Crippen molar-refractivity contribution in [3.63, 3.8) is 0 Å². The van der Waals surface area contributed by atoms with Crippen LogP contribution < -0.4 is 0 Å². The summed E-state index contributed by atoms with van der Waals surface area (Å²) in [6.07, 6.45) is 1.07. The van der Waals surface area contributed by atoms with E-state index in [2.05, 4.69) is 0 Å². The zero-order chi connectivity index (χ0) is 15.6. The van der Waals surface area contributed by atoms with E-state index < -0.39 is 0 Å². The Labute approximate surface area is 126 Å². The van der Waals surface area contributed by atoms with Gasteiger partial charge in [-0.25, -0.2) is 0 Å². The molecule has 0 fully saturated rings. The van der Waals surface area contributed by atoms with Crippen LogP contribution in [0.1, 0.15) is 46.1 Å². The van der Waals surface area contributed by atoms with Gasteiger partial charge in [0.1, 0.15) is 5.76 Å². The Morgan fingerprint density at radius 3 is 2.33 bits per heavy atom. The third kappa shape index (κ3) is 3.60. The van der Waals surface area contributed by atoms with Crippen molar-refractivity contribution in [3.8, 4) is 0 Å². The molecule has 0 saturated carbocycles. The lowest BCUT2D eigenvalue weighted by Crippen LogP contribution is -2.27. The Balaban J connectivity index is 2.47. The van der Waals surface area contributed by atoms with E-state index >= 15 is 0 Å². The minimum Gasteiger partial charge on any atom is -0.430 e. The summed E-state index contributed by atoms with van der Waals surface area (Å²) in [6, 6.07) is 9.44. The maximum absolute atomic E-state index is 12.5. The van der Waals surface area contributed by atoms with E-state index in [0.717, 1.165) is 5.56 Å². The molecule has 0 saturated heterocycles. The predicted octanol–water partition coefficient (Wildman–Crippen LogP) is 3.99. The highest BCUT2D eigenvalue weighted by Gasteiger charge is 2.35. The van der Waals surface area contributed by atoms with Crippen LogP contribution in [0.2, 0.25) is 0 Å². The molecule has 1 aromatic carbocycles. The number of esters is 1. The number of hydrogen-bond donors (Lipinski definition) is 0. The third-order valence-electron chi connectivity index (χ3n) is 3.59. The second-order valence-corrected chi connectivity index (χ2v) is 6.68. The van der Waals surface area contributed by atoms with Crippen LogP contribution in [0.3, 0.4) is 0 Å². The van der Waals surface area contributed by atoms with E-state index in [4.69, 9.17) is 4.74 Å². The van der Waals surface area contributed by atoms with E-state index in [9.17, 15) is 9.59 Å². The maximum Gasteiger partial charge on any atom is 0.313 e. The first-order valence-electron chi connectivity index (χ1n) is 7.33. The molecule has 3 heteroatoms. The van der Waals surface area contributed by atoms with Gasteiger partial charge in [0.15, 0.2) is 5.78 Å². The molecule has 112 valence electrons. The predicted molar refractivity (Wildman–Crippen MR) is 82.3 cm³/mol. The number of rotatable bonds is 3. The Hall–Kier alpha value is -1.90. The van der Waals surface area contributed by atoms with Crippen LogP contribution in [-0.4, -0.2) is 11.8 Å². The summed E-state index contributed by atoms with van der Waals surface area (Å²) in [4.78, 5) is 24.5. The molecule has 0 atom stereocenters. The average Bonchev–Trinajstić information content (AvgIpc) is 2.37. The van der Waals surface area contributed by atoms with Gasteiger partial charge in [-0.1, -0.05) is 58.0 Å². The van der Waals surface area contributed by atoms with Crippen LogP contribution in [0.15, 0.2) is 36.1 Å². The van der Waals surface area contributed by atoms with Crippen LogP contribution in [0, 0.1) is 11.3 Å². The molecule has 0 bridgehead atoms. The van der Waals surface area contributed by atoms with Crippen LogP contribution in [0.4, 0.5) is 0 Å². The van der Waals surface area contributed by atoms with Gasteiger partial charge >= 0.3 is 5.97 Å². The summed E-state index contributed by atoms with van der Waals surface area (Å²) in [5, 5.41) is 0. The van der Waals surface area contributed by atoms with E-state index in [1.165, 1.54) is 0 Å². The van der Waals surface area contributed by atoms with E-state index in [0.29, 0.717) is 24.2 Å². The number of ether oxygens (including phenoxy) is 1. The summed E-state index contributed by atoms with van der Waals surface area (Å²) in [5.74, 6) is 0.0590. The van der Waals surface area contributed by atoms with Crippen LogP contribution in [0.25, 0.3) is 5.57 Å². The summed E-state index contributed by atoms with van der Waals surface area (Å²) < 4.78 is 5.55. The molecule has 21 heavy (non-hydrogen) atoms. The van der Waals surface area contributed by atoms with Gasteiger partial charge in [0.2, 0.25) is 0 Å². The Morgan fingerprint density at radius 1 is 1.14 bits per heavy atom. The fraction of sp³-hybridized carbons (Fsp3) is 0.444. The highest BCUT2D eigenvalue weighted by atomic mass is 16.5. The smallest absolute Gasteiger partial charge is 0.313 e. The Kier molecular flexibility index (Phi) is 4.31. The van der Waals surface area contributed by atoms with Gasteiger partial charge in [-0.2, -0.15) is 0 Å². The second kappa shape index (κ2) is 5.84. The number of benzene rings is 1. The summed E-state index contributed by atoms with van der Waals surface area (Å²) in [7, 11) is 0. The summed E-state index contributed by atoms with van der Waals surface area (Å²) in [5.41, 5.74) is 1.20. The third-order valence-corrected chi connectivity index (χ3v) is 3.59. The number of Topliss-reactive ketones (excluding diaryl/α,β-unsaturated/α-hetero) is 1. The van der Waals surface area contributed by atoms with Gasteiger partial charge in [-0.05, 0) is 11.0 Å². The fourth-order valence-electron chi connectivity index (χ4n) is 2.52. The Morgan fingerprint density at radius 2 is 1.76 bits per heavy atom. The highest BCUT2D eigenvalue weighted by molar-refractivity contribution is 6.22. The van der Waals surface area contributed by atoms with Gasteiger partial charge in [-0.3, -0.25) is 9.59 Å². The fourth-order valence-corrected chi connectivity index (χ4v) is 2.52. The summed E-state index contributed by atoms with van der Waals surface area (Å²) in [6.45, 7) is 7.63. The standard InChI is InChI=1S/C18H22O3/c1-12(2)17(20)21-15-11-18(3,4)10-14(19)16(15)13-8-6-5-7-9-13/h5-9,12H,10-11H2,1-4H3. The van der Waals surface area contributed by atoms with Crippen molar-refractivity contribution in [1.82, 2.24) is 0 Å². The molecule has 0 aromatic heterocycles. The lowest BCUT2D eigenvalue weighted by atomic mass is 9.75. The minimum atomic E-state index is -0.288. The van der Waals surface area contributed by atoms with E-state index in [1.54, 1.807) is 13.8 Å². The largest absolute Gasteiger partial charge is 0.430 e. The minimum absolute atomic E-state index is 0.0454. The van der Waals surface area contributed by atoms with Crippen LogP contribution in [-0.2, 0) is 14.3 Å². The quantitative estimate of drug-likeness (QED) is 0.789. The van der Waals surface area contributed by atoms with Crippen molar-refractivity contribution in [3.05, 3.63) is 41.7 Å². The lowest BCUT2D eigenvalue weighted by Gasteiger charge is -2.31. The molecule has 3 nitrogen and oxygen atoms in total. The first-order valence-corrected chi connectivity index (χ1v) is 7.33. The normalized spacial score (nSPS) is 18.0. The average molecular weight is 286 g/mol. The summed E-state index contributed by atoms with van der Waals surface area (Å²) >= 11 is 0. The van der Waals surface area contributed by atoms with Gasteiger partial charge in [-0.15, -0.1) is 0 Å². The van der Waals surface area contributed by atoms with Crippen molar-refractivity contribution in [2.45, 2.75) is 40.5 Å². The Bertz CT molecular complexity index is 580.